The number of thiophene rings is 1. The molecule has 2 rings (SSSR count). The number of ether oxygens (including phenoxy) is 1. The van der Waals surface area contributed by atoms with E-state index >= 15 is 0 Å². The highest BCUT2D eigenvalue weighted by Crippen LogP contribution is 2.19. The maximum Gasteiger partial charge on any atom is 0.244 e. The van der Waals surface area contributed by atoms with Gasteiger partial charge in [0.25, 0.3) is 0 Å². The Bertz CT molecular complexity index is 566. The number of hydrogen-bond acceptors (Lipinski definition) is 4. The molecule has 0 aliphatic carbocycles. The largest absolute Gasteiger partial charge is 0.494 e. The number of likely N-dealkylation sites (N-methyl/N-ethyl adjacent to an activating group) is 1. The van der Waals surface area contributed by atoms with Crippen LogP contribution in [0.5, 0.6) is 5.75 Å². The quantitative estimate of drug-likeness (QED) is 0.893. The van der Waals surface area contributed by atoms with Crippen LogP contribution in [0.2, 0.25) is 0 Å². The molecule has 112 valence electrons. The molecule has 1 atom stereocenters. The minimum atomic E-state index is -0.585. The first kappa shape index (κ1) is 15.5. The molecule has 1 aromatic carbocycles. The van der Waals surface area contributed by atoms with E-state index in [1.54, 1.807) is 11.9 Å². The standard InChI is InChI=1S/C16H20N2O2S/c1-3-20-13-8-6-12(7-9-13)11-18(2)16(19)15(17)14-5-4-10-21-14/h4-10,15H,3,11,17H2,1-2H3. The van der Waals surface area contributed by atoms with Crippen molar-refractivity contribution in [1.29, 1.82) is 0 Å². The van der Waals surface area contributed by atoms with Crippen LogP contribution in [-0.2, 0) is 11.3 Å². The third kappa shape index (κ3) is 4.06. The van der Waals surface area contributed by atoms with Crippen molar-refractivity contribution < 1.29 is 9.53 Å². The summed E-state index contributed by atoms with van der Waals surface area (Å²) in [5.74, 6) is 0.761. The molecule has 0 bridgehead atoms. The first-order valence-electron chi connectivity index (χ1n) is 6.87. The van der Waals surface area contributed by atoms with Gasteiger partial charge in [0, 0.05) is 18.5 Å². The molecule has 1 aromatic heterocycles. The monoisotopic (exact) mass is 304 g/mol. The van der Waals surface area contributed by atoms with Gasteiger partial charge in [-0.3, -0.25) is 4.79 Å². The van der Waals surface area contributed by atoms with E-state index in [0.29, 0.717) is 13.2 Å². The highest BCUT2D eigenvalue weighted by molar-refractivity contribution is 7.10. The molecule has 1 unspecified atom stereocenters. The molecule has 0 aliphatic rings. The summed E-state index contributed by atoms with van der Waals surface area (Å²) in [6, 6.07) is 11.0. The highest BCUT2D eigenvalue weighted by atomic mass is 32.1. The van der Waals surface area contributed by atoms with Gasteiger partial charge in [0.15, 0.2) is 0 Å². The molecule has 1 heterocycles. The van der Waals surface area contributed by atoms with Crippen LogP contribution in [0.4, 0.5) is 0 Å². The topological polar surface area (TPSA) is 55.6 Å². The van der Waals surface area contributed by atoms with Crippen LogP contribution in [0, 0.1) is 0 Å². The van der Waals surface area contributed by atoms with Gasteiger partial charge >= 0.3 is 0 Å². The second kappa shape index (κ2) is 7.24. The van der Waals surface area contributed by atoms with Crippen molar-refractivity contribution in [1.82, 2.24) is 4.90 Å². The number of carbonyl (C=O) groups excluding carboxylic acids is 1. The van der Waals surface area contributed by atoms with E-state index in [1.165, 1.54) is 11.3 Å². The number of nitrogens with zero attached hydrogens (tertiary/aromatic N) is 1. The lowest BCUT2D eigenvalue weighted by Gasteiger charge is -2.21. The Labute approximate surface area is 129 Å². The molecule has 2 aromatic rings. The second-order valence-corrected chi connectivity index (χ2v) is 5.74. The number of hydrogen-bond donors (Lipinski definition) is 1. The maximum atomic E-state index is 12.3. The van der Waals surface area contributed by atoms with Crippen LogP contribution >= 0.6 is 11.3 Å². The Morgan fingerprint density at radius 2 is 2.05 bits per heavy atom. The third-order valence-corrected chi connectivity index (χ3v) is 4.10. The Hall–Kier alpha value is -1.85. The first-order chi connectivity index (χ1) is 10.1. The van der Waals surface area contributed by atoms with Crippen LogP contribution in [0.25, 0.3) is 0 Å². The van der Waals surface area contributed by atoms with Gasteiger partial charge in [-0.1, -0.05) is 18.2 Å². The zero-order chi connectivity index (χ0) is 15.2. The summed E-state index contributed by atoms with van der Waals surface area (Å²) < 4.78 is 5.40. The Kier molecular flexibility index (Phi) is 5.36. The van der Waals surface area contributed by atoms with Crippen LogP contribution in [-0.4, -0.2) is 24.5 Å². The van der Waals surface area contributed by atoms with Crippen molar-refractivity contribution in [2.75, 3.05) is 13.7 Å². The first-order valence-corrected chi connectivity index (χ1v) is 7.75. The van der Waals surface area contributed by atoms with E-state index < -0.39 is 6.04 Å². The van der Waals surface area contributed by atoms with Crippen LogP contribution in [0.15, 0.2) is 41.8 Å². The van der Waals surface area contributed by atoms with Gasteiger partial charge in [-0.15, -0.1) is 11.3 Å². The smallest absolute Gasteiger partial charge is 0.244 e. The molecule has 0 saturated carbocycles. The molecule has 0 spiro atoms. The van der Waals surface area contributed by atoms with Crippen molar-refractivity contribution in [2.24, 2.45) is 5.73 Å². The fraction of sp³-hybridized carbons (Fsp3) is 0.312. The lowest BCUT2D eigenvalue weighted by atomic mass is 10.2. The second-order valence-electron chi connectivity index (χ2n) is 4.76. The molecule has 0 fully saturated rings. The fourth-order valence-electron chi connectivity index (χ4n) is 2.04. The molecule has 0 aliphatic heterocycles. The normalized spacial score (nSPS) is 12.0. The van der Waals surface area contributed by atoms with Crippen LogP contribution in [0.3, 0.4) is 0 Å². The number of benzene rings is 1. The average Bonchev–Trinajstić information content (AvgIpc) is 3.02. The van der Waals surface area contributed by atoms with E-state index in [1.807, 2.05) is 48.7 Å². The summed E-state index contributed by atoms with van der Waals surface area (Å²) in [4.78, 5) is 14.8. The zero-order valence-corrected chi connectivity index (χ0v) is 13.1. The summed E-state index contributed by atoms with van der Waals surface area (Å²) in [6.45, 7) is 3.13. The minimum Gasteiger partial charge on any atom is -0.494 e. The van der Waals surface area contributed by atoms with Gasteiger partial charge in [-0.05, 0) is 36.1 Å². The molecule has 4 nitrogen and oxygen atoms in total. The molecule has 2 N–H and O–H groups in total. The van der Waals surface area contributed by atoms with Crippen molar-refractivity contribution in [2.45, 2.75) is 19.5 Å². The average molecular weight is 304 g/mol. The van der Waals surface area contributed by atoms with Crippen molar-refractivity contribution >= 4 is 17.2 Å². The zero-order valence-electron chi connectivity index (χ0n) is 12.3. The molecular weight excluding hydrogens is 284 g/mol. The Morgan fingerprint density at radius 3 is 2.62 bits per heavy atom. The summed E-state index contributed by atoms with van der Waals surface area (Å²) in [5.41, 5.74) is 7.05. The van der Waals surface area contributed by atoms with Gasteiger partial charge < -0.3 is 15.4 Å². The summed E-state index contributed by atoms with van der Waals surface area (Å²) in [6.07, 6.45) is 0. The molecule has 0 saturated heterocycles. The van der Waals surface area contributed by atoms with Gasteiger partial charge in [-0.25, -0.2) is 0 Å². The number of amides is 1. The Balaban J connectivity index is 1.97. The van der Waals surface area contributed by atoms with E-state index in [-0.39, 0.29) is 5.91 Å². The van der Waals surface area contributed by atoms with Gasteiger partial charge in [-0.2, -0.15) is 0 Å². The fourth-order valence-corrected chi connectivity index (χ4v) is 2.76. The molecule has 1 amide bonds. The van der Waals surface area contributed by atoms with E-state index in [0.717, 1.165) is 16.2 Å². The molecule has 0 radical (unpaired) electrons. The number of carbonyl (C=O) groups is 1. The maximum absolute atomic E-state index is 12.3. The summed E-state index contributed by atoms with van der Waals surface area (Å²) >= 11 is 1.50. The number of nitrogens with two attached hydrogens (primary N) is 1. The lowest BCUT2D eigenvalue weighted by Crippen LogP contribution is -2.35. The van der Waals surface area contributed by atoms with Crippen LogP contribution < -0.4 is 10.5 Å². The summed E-state index contributed by atoms with van der Waals surface area (Å²) in [7, 11) is 1.77. The minimum absolute atomic E-state index is 0.0775. The SMILES string of the molecule is CCOc1ccc(CN(C)C(=O)C(N)c2cccs2)cc1. The van der Waals surface area contributed by atoms with Gasteiger partial charge in [0.2, 0.25) is 5.91 Å². The van der Waals surface area contributed by atoms with Crippen molar-refractivity contribution in [3.05, 3.63) is 52.2 Å². The molecular formula is C16H20N2O2S. The predicted octanol–water partition coefficient (Wildman–Crippen LogP) is 2.81. The molecule has 5 heteroatoms. The van der Waals surface area contributed by atoms with Gasteiger partial charge in [0.05, 0.1) is 6.61 Å². The Morgan fingerprint density at radius 1 is 1.33 bits per heavy atom. The van der Waals surface area contributed by atoms with E-state index in [4.69, 9.17) is 10.5 Å². The lowest BCUT2D eigenvalue weighted by molar-refractivity contribution is -0.131. The van der Waals surface area contributed by atoms with Gasteiger partial charge in [0.1, 0.15) is 11.8 Å². The van der Waals surface area contributed by atoms with E-state index in [2.05, 4.69) is 0 Å². The highest BCUT2D eigenvalue weighted by Gasteiger charge is 2.20. The number of rotatable bonds is 6. The van der Waals surface area contributed by atoms with Crippen molar-refractivity contribution in [3.63, 3.8) is 0 Å². The van der Waals surface area contributed by atoms with Crippen LogP contribution in [0.1, 0.15) is 23.4 Å². The third-order valence-electron chi connectivity index (χ3n) is 3.15. The summed E-state index contributed by atoms with van der Waals surface area (Å²) in [5, 5.41) is 1.93. The molecule has 21 heavy (non-hydrogen) atoms. The predicted molar refractivity (Wildman–Crippen MR) is 85.3 cm³/mol. The van der Waals surface area contributed by atoms with Crippen molar-refractivity contribution in [3.8, 4) is 5.75 Å². The van der Waals surface area contributed by atoms with E-state index in [9.17, 15) is 4.79 Å².